The summed E-state index contributed by atoms with van der Waals surface area (Å²) in [4.78, 5) is 12.9. The molecule has 1 aromatic carbocycles. The van der Waals surface area contributed by atoms with E-state index in [0.717, 1.165) is 18.5 Å². The number of hydrogen-bond acceptors (Lipinski definition) is 2. The second-order valence-corrected chi connectivity index (χ2v) is 4.61. The summed E-state index contributed by atoms with van der Waals surface area (Å²) in [5, 5.41) is 9.39. The second-order valence-electron chi connectivity index (χ2n) is 4.20. The number of hydrogen-bond donors (Lipinski definition) is 1. The molecule has 0 aromatic heterocycles. The van der Waals surface area contributed by atoms with Gasteiger partial charge in [0.05, 0.1) is 0 Å². The number of nitrogens with zero attached hydrogens (tertiary/aromatic N) is 1. The maximum atomic E-state index is 12.9. The molecular formula is C12H13ClFNO2. The molecule has 1 atom stereocenters. The third-order valence-electron chi connectivity index (χ3n) is 3.04. The smallest absolute Gasteiger partial charge is 0.320 e. The standard InChI is InChI=1S/C12H13ClFNO2/c13-10-6-9(14)4-3-8(10)7-15-5-1-2-11(15)12(16)17/h3-4,6,11H,1-2,5,7H2,(H,16,17). The number of carboxylic acids is 1. The van der Waals surface area contributed by atoms with Gasteiger partial charge < -0.3 is 5.11 Å². The molecule has 3 nitrogen and oxygen atoms in total. The molecule has 1 fully saturated rings. The Morgan fingerprint density at radius 2 is 2.35 bits per heavy atom. The van der Waals surface area contributed by atoms with Crippen molar-refractivity contribution in [3.63, 3.8) is 0 Å². The maximum Gasteiger partial charge on any atom is 0.320 e. The Bertz CT molecular complexity index is 439. The van der Waals surface area contributed by atoms with Crippen molar-refractivity contribution in [3.05, 3.63) is 34.6 Å². The van der Waals surface area contributed by atoms with Crippen LogP contribution in [0.4, 0.5) is 4.39 Å². The Morgan fingerprint density at radius 3 is 3.00 bits per heavy atom. The molecule has 0 bridgehead atoms. The number of aliphatic carboxylic acids is 1. The molecule has 17 heavy (non-hydrogen) atoms. The fourth-order valence-electron chi connectivity index (χ4n) is 2.16. The topological polar surface area (TPSA) is 40.5 Å². The van der Waals surface area contributed by atoms with Gasteiger partial charge in [-0.05, 0) is 37.1 Å². The highest BCUT2D eigenvalue weighted by Crippen LogP contribution is 2.24. The zero-order chi connectivity index (χ0) is 12.4. The van der Waals surface area contributed by atoms with E-state index in [1.807, 2.05) is 4.90 Å². The van der Waals surface area contributed by atoms with Crippen LogP contribution in [0, 0.1) is 5.82 Å². The van der Waals surface area contributed by atoms with Crippen LogP contribution in [-0.4, -0.2) is 28.6 Å². The van der Waals surface area contributed by atoms with E-state index in [4.69, 9.17) is 16.7 Å². The summed E-state index contributed by atoms with van der Waals surface area (Å²) in [6.07, 6.45) is 1.53. The first-order valence-electron chi connectivity index (χ1n) is 5.48. The Balaban J connectivity index is 2.12. The lowest BCUT2D eigenvalue weighted by Crippen LogP contribution is -2.35. The molecule has 2 rings (SSSR count). The van der Waals surface area contributed by atoms with Crippen LogP contribution in [0.25, 0.3) is 0 Å². The van der Waals surface area contributed by atoms with Crippen LogP contribution in [-0.2, 0) is 11.3 Å². The van der Waals surface area contributed by atoms with Gasteiger partial charge in [-0.1, -0.05) is 17.7 Å². The lowest BCUT2D eigenvalue weighted by atomic mass is 10.2. The molecule has 1 heterocycles. The van der Waals surface area contributed by atoms with Crippen molar-refractivity contribution in [3.8, 4) is 0 Å². The SMILES string of the molecule is O=C(O)C1CCCN1Cc1ccc(F)cc1Cl. The molecule has 1 aliphatic heterocycles. The van der Waals surface area contributed by atoms with Gasteiger partial charge in [0.1, 0.15) is 11.9 Å². The van der Waals surface area contributed by atoms with Crippen molar-refractivity contribution >= 4 is 17.6 Å². The minimum atomic E-state index is -0.805. The molecule has 1 saturated heterocycles. The van der Waals surface area contributed by atoms with E-state index in [1.54, 1.807) is 6.07 Å². The van der Waals surface area contributed by atoms with Crippen molar-refractivity contribution in [1.29, 1.82) is 0 Å². The lowest BCUT2D eigenvalue weighted by molar-refractivity contribution is -0.142. The van der Waals surface area contributed by atoms with Gasteiger partial charge in [-0.2, -0.15) is 0 Å². The van der Waals surface area contributed by atoms with E-state index in [1.165, 1.54) is 12.1 Å². The summed E-state index contributed by atoms with van der Waals surface area (Å²) in [7, 11) is 0. The van der Waals surface area contributed by atoms with Crippen molar-refractivity contribution in [2.45, 2.75) is 25.4 Å². The molecule has 1 aromatic rings. The largest absolute Gasteiger partial charge is 0.480 e. The van der Waals surface area contributed by atoms with Gasteiger partial charge in [-0.25, -0.2) is 4.39 Å². The van der Waals surface area contributed by atoms with Crippen LogP contribution in [0.5, 0.6) is 0 Å². The zero-order valence-electron chi connectivity index (χ0n) is 9.20. The van der Waals surface area contributed by atoms with Gasteiger partial charge in [-0.3, -0.25) is 9.69 Å². The van der Waals surface area contributed by atoms with Crippen LogP contribution in [0.2, 0.25) is 5.02 Å². The Hall–Kier alpha value is -1.13. The quantitative estimate of drug-likeness (QED) is 0.905. The molecule has 1 aliphatic rings. The normalized spacial score (nSPS) is 20.7. The number of halogens is 2. The first-order valence-corrected chi connectivity index (χ1v) is 5.86. The summed E-state index contributed by atoms with van der Waals surface area (Å²) in [6, 6.07) is 3.75. The minimum Gasteiger partial charge on any atom is -0.480 e. The molecule has 92 valence electrons. The molecule has 0 spiro atoms. The van der Waals surface area contributed by atoms with Crippen LogP contribution in [0.1, 0.15) is 18.4 Å². The molecule has 0 amide bonds. The van der Waals surface area contributed by atoms with Gasteiger partial charge >= 0.3 is 5.97 Å². The van der Waals surface area contributed by atoms with Crippen molar-refractivity contribution in [2.24, 2.45) is 0 Å². The van der Waals surface area contributed by atoms with E-state index >= 15 is 0 Å². The summed E-state index contributed by atoms with van der Waals surface area (Å²) >= 11 is 5.92. The highest BCUT2D eigenvalue weighted by Gasteiger charge is 2.30. The number of carbonyl (C=O) groups is 1. The first-order chi connectivity index (χ1) is 8.08. The minimum absolute atomic E-state index is 0.348. The van der Waals surface area contributed by atoms with Gasteiger partial charge in [0.15, 0.2) is 0 Å². The molecule has 5 heteroatoms. The summed E-state index contributed by atoms with van der Waals surface area (Å²) in [5.74, 6) is -1.18. The summed E-state index contributed by atoms with van der Waals surface area (Å²) in [5.41, 5.74) is 0.765. The van der Waals surface area contributed by atoms with E-state index < -0.39 is 12.0 Å². The summed E-state index contributed by atoms with van der Waals surface area (Å²) < 4.78 is 12.9. The molecule has 0 aliphatic carbocycles. The third-order valence-corrected chi connectivity index (χ3v) is 3.39. The third kappa shape index (κ3) is 2.76. The van der Waals surface area contributed by atoms with Crippen LogP contribution >= 0.6 is 11.6 Å². The molecule has 0 radical (unpaired) electrons. The fraction of sp³-hybridized carbons (Fsp3) is 0.417. The van der Waals surface area contributed by atoms with Gasteiger partial charge in [-0.15, -0.1) is 0 Å². The van der Waals surface area contributed by atoms with Gasteiger partial charge in [0, 0.05) is 11.6 Å². The average molecular weight is 258 g/mol. The predicted octanol–water partition coefficient (Wildman–Crippen LogP) is 2.53. The molecule has 0 saturated carbocycles. The molecular weight excluding hydrogens is 245 g/mol. The van der Waals surface area contributed by atoms with Crippen molar-refractivity contribution in [2.75, 3.05) is 6.54 Å². The Kier molecular flexibility index (Phi) is 3.64. The van der Waals surface area contributed by atoms with E-state index in [2.05, 4.69) is 0 Å². The Labute approximate surface area is 104 Å². The molecule has 1 unspecified atom stereocenters. The van der Waals surface area contributed by atoms with Crippen LogP contribution < -0.4 is 0 Å². The highest BCUT2D eigenvalue weighted by molar-refractivity contribution is 6.31. The number of benzene rings is 1. The van der Waals surface area contributed by atoms with Crippen molar-refractivity contribution in [1.82, 2.24) is 4.90 Å². The van der Waals surface area contributed by atoms with E-state index in [9.17, 15) is 9.18 Å². The number of likely N-dealkylation sites (tertiary alicyclic amines) is 1. The fourth-order valence-corrected chi connectivity index (χ4v) is 2.39. The Morgan fingerprint density at radius 1 is 1.59 bits per heavy atom. The second kappa shape index (κ2) is 5.02. The average Bonchev–Trinajstić information content (AvgIpc) is 2.70. The van der Waals surface area contributed by atoms with Crippen LogP contribution in [0.3, 0.4) is 0 Å². The van der Waals surface area contributed by atoms with Crippen molar-refractivity contribution < 1.29 is 14.3 Å². The van der Waals surface area contributed by atoms with Crippen LogP contribution in [0.15, 0.2) is 18.2 Å². The first kappa shape index (κ1) is 12.3. The number of carboxylic acid groups (broad SMARTS) is 1. The van der Waals surface area contributed by atoms with E-state index in [-0.39, 0.29) is 5.82 Å². The zero-order valence-corrected chi connectivity index (χ0v) is 9.95. The van der Waals surface area contributed by atoms with Gasteiger partial charge in [0.25, 0.3) is 0 Å². The van der Waals surface area contributed by atoms with Gasteiger partial charge in [0.2, 0.25) is 0 Å². The summed E-state index contributed by atoms with van der Waals surface area (Å²) in [6.45, 7) is 1.20. The highest BCUT2D eigenvalue weighted by atomic mass is 35.5. The lowest BCUT2D eigenvalue weighted by Gasteiger charge is -2.21. The number of rotatable bonds is 3. The predicted molar refractivity (Wildman–Crippen MR) is 62.5 cm³/mol. The monoisotopic (exact) mass is 257 g/mol. The molecule has 1 N–H and O–H groups in total. The van der Waals surface area contributed by atoms with E-state index in [0.29, 0.717) is 18.0 Å². The maximum absolute atomic E-state index is 12.9.